The molecule has 0 fully saturated rings. The zero-order valence-corrected chi connectivity index (χ0v) is 7.94. The van der Waals surface area contributed by atoms with Gasteiger partial charge in [-0.2, -0.15) is 0 Å². The van der Waals surface area contributed by atoms with E-state index >= 15 is 0 Å². The second-order valence-electron chi connectivity index (χ2n) is 3.40. The molecule has 0 aromatic heterocycles. The summed E-state index contributed by atoms with van der Waals surface area (Å²) in [6.45, 7) is 3.98. The topological polar surface area (TPSA) is 69.4 Å². The van der Waals surface area contributed by atoms with E-state index in [0.717, 1.165) is 0 Å². The molecule has 0 rings (SSSR count). The summed E-state index contributed by atoms with van der Waals surface area (Å²) in [6, 6.07) is 0. The molecule has 0 heterocycles. The molecule has 0 aliphatic rings. The molecule has 4 nitrogen and oxygen atoms in total. The number of hydrogen-bond acceptors (Lipinski definition) is 3. The van der Waals surface area contributed by atoms with Crippen LogP contribution in [0, 0.1) is 5.41 Å². The third-order valence-electron chi connectivity index (χ3n) is 1.13. The predicted octanol–water partition coefficient (Wildman–Crippen LogP) is -0.0525. The van der Waals surface area contributed by atoms with Crippen LogP contribution >= 0.6 is 0 Å². The van der Waals surface area contributed by atoms with E-state index in [-0.39, 0.29) is 5.75 Å². The van der Waals surface area contributed by atoms with Crippen LogP contribution in [0.3, 0.4) is 0 Å². The summed E-state index contributed by atoms with van der Waals surface area (Å²) in [7, 11) is -1.85. The fraction of sp³-hybridized carbons (Fsp3) is 1.00. The first kappa shape index (κ1) is 10.9. The SMILES string of the molecule is COCC(C)(C)CS(N)(=O)=O. The van der Waals surface area contributed by atoms with Crippen LogP contribution in [0.5, 0.6) is 0 Å². The first-order chi connectivity index (χ1) is 4.77. The zero-order chi connectivity index (χ0) is 9.12. The van der Waals surface area contributed by atoms with Gasteiger partial charge in [0.25, 0.3) is 0 Å². The van der Waals surface area contributed by atoms with Crippen molar-refractivity contribution in [1.82, 2.24) is 0 Å². The van der Waals surface area contributed by atoms with Crippen LogP contribution in [0.15, 0.2) is 0 Å². The van der Waals surface area contributed by atoms with E-state index in [1.165, 1.54) is 7.11 Å². The van der Waals surface area contributed by atoms with E-state index in [0.29, 0.717) is 6.61 Å². The number of primary sulfonamides is 1. The molecule has 11 heavy (non-hydrogen) atoms. The molecule has 2 N–H and O–H groups in total. The lowest BCUT2D eigenvalue weighted by molar-refractivity contribution is 0.118. The van der Waals surface area contributed by atoms with Gasteiger partial charge in [-0.05, 0) is 0 Å². The summed E-state index contributed by atoms with van der Waals surface area (Å²) in [6.07, 6.45) is 0. The van der Waals surface area contributed by atoms with Crippen molar-refractivity contribution in [1.29, 1.82) is 0 Å². The molecule has 5 heteroatoms. The normalized spacial score (nSPS) is 13.5. The van der Waals surface area contributed by atoms with Crippen molar-refractivity contribution in [2.45, 2.75) is 13.8 Å². The molecule has 0 bridgehead atoms. The van der Waals surface area contributed by atoms with E-state index < -0.39 is 15.4 Å². The molecule has 0 saturated heterocycles. The smallest absolute Gasteiger partial charge is 0.209 e. The Labute approximate surface area is 67.8 Å². The van der Waals surface area contributed by atoms with Crippen LogP contribution in [0.1, 0.15) is 13.8 Å². The molecule has 0 unspecified atom stereocenters. The molecule has 0 radical (unpaired) electrons. The number of ether oxygens (including phenoxy) is 1. The quantitative estimate of drug-likeness (QED) is 0.661. The van der Waals surface area contributed by atoms with Crippen molar-refractivity contribution in [3.05, 3.63) is 0 Å². The van der Waals surface area contributed by atoms with Gasteiger partial charge in [0.15, 0.2) is 0 Å². The molecule has 0 aromatic rings. The van der Waals surface area contributed by atoms with Gasteiger partial charge in [-0.15, -0.1) is 0 Å². The predicted molar refractivity (Wildman–Crippen MR) is 43.6 cm³/mol. The maximum absolute atomic E-state index is 10.6. The van der Waals surface area contributed by atoms with Gasteiger partial charge in [0.1, 0.15) is 0 Å². The van der Waals surface area contributed by atoms with Crippen molar-refractivity contribution >= 4 is 10.0 Å². The summed E-state index contributed by atoms with van der Waals surface area (Å²) in [5.74, 6) is -0.0478. The van der Waals surface area contributed by atoms with Crippen LogP contribution < -0.4 is 5.14 Å². The molecule has 0 atom stereocenters. The van der Waals surface area contributed by atoms with Crippen LogP contribution in [-0.4, -0.2) is 27.9 Å². The van der Waals surface area contributed by atoms with Gasteiger partial charge in [0, 0.05) is 12.5 Å². The third kappa shape index (κ3) is 6.28. The Hall–Kier alpha value is -0.130. The van der Waals surface area contributed by atoms with Gasteiger partial charge in [-0.1, -0.05) is 13.8 Å². The lowest BCUT2D eigenvalue weighted by Gasteiger charge is -2.21. The number of methoxy groups -OCH3 is 1. The van der Waals surface area contributed by atoms with Gasteiger partial charge in [0.05, 0.1) is 12.4 Å². The average molecular weight is 181 g/mol. The van der Waals surface area contributed by atoms with Gasteiger partial charge in [-0.25, -0.2) is 13.6 Å². The third-order valence-corrected chi connectivity index (χ3v) is 2.31. The highest BCUT2D eigenvalue weighted by Gasteiger charge is 2.23. The van der Waals surface area contributed by atoms with Crippen molar-refractivity contribution in [2.24, 2.45) is 10.6 Å². The molecule has 0 amide bonds. The fourth-order valence-corrected chi connectivity index (χ4v) is 2.15. The minimum atomic E-state index is -3.38. The van der Waals surface area contributed by atoms with E-state index in [1.54, 1.807) is 13.8 Å². The summed E-state index contributed by atoms with van der Waals surface area (Å²) in [4.78, 5) is 0. The number of hydrogen-bond donors (Lipinski definition) is 1. The van der Waals surface area contributed by atoms with Crippen molar-refractivity contribution in [3.63, 3.8) is 0 Å². The Bertz CT molecular complexity index is 208. The van der Waals surface area contributed by atoms with Crippen LogP contribution in [0.2, 0.25) is 0 Å². The van der Waals surface area contributed by atoms with Crippen molar-refractivity contribution < 1.29 is 13.2 Å². The second kappa shape index (κ2) is 3.51. The summed E-state index contributed by atoms with van der Waals surface area (Å²) in [5.41, 5.74) is -0.400. The fourth-order valence-electron chi connectivity index (χ4n) is 0.977. The first-order valence-corrected chi connectivity index (χ1v) is 4.98. The minimum absolute atomic E-state index is 0.0478. The Morgan fingerprint density at radius 3 is 2.18 bits per heavy atom. The average Bonchev–Trinajstić information content (AvgIpc) is 1.55. The Kier molecular flexibility index (Phi) is 3.47. The maximum Gasteiger partial charge on any atom is 0.209 e. The Morgan fingerprint density at radius 1 is 1.45 bits per heavy atom. The standard InChI is InChI=1S/C6H15NO3S/c1-6(2,4-10-3)5-11(7,8)9/h4-5H2,1-3H3,(H2,7,8,9). The van der Waals surface area contributed by atoms with Crippen LogP contribution in [-0.2, 0) is 14.8 Å². The Morgan fingerprint density at radius 2 is 1.91 bits per heavy atom. The van der Waals surface area contributed by atoms with E-state index in [2.05, 4.69) is 0 Å². The highest BCUT2D eigenvalue weighted by molar-refractivity contribution is 7.89. The van der Waals surface area contributed by atoms with E-state index in [1.807, 2.05) is 0 Å². The van der Waals surface area contributed by atoms with E-state index in [4.69, 9.17) is 9.88 Å². The highest BCUT2D eigenvalue weighted by Crippen LogP contribution is 2.16. The summed E-state index contributed by atoms with van der Waals surface area (Å²) >= 11 is 0. The van der Waals surface area contributed by atoms with Crippen LogP contribution in [0.4, 0.5) is 0 Å². The lowest BCUT2D eigenvalue weighted by atomic mass is 9.98. The minimum Gasteiger partial charge on any atom is -0.384 e. The zero-order valence-electron chi connectivity index (χ0n) is 7.12. The lowest BCUT2D eigenvalue weighted by Crippen LogP contribution is -2.32. The molecule has 0 spiro atoms. The van der Waals surface area contributed by atoms with Crippen LogP contribution in [0.25, 0.3) is 0 Å². The summed E-state index contributed by atoms with van der Waals surface area (Å²) in [5, 5.41) is 4.87. The molecular formula is C6H15NO3S. The monoisotopic (exact) mass is 181 g/mol. The van der Waals surface area contributed by atoms with E-state index in [9.17, 15) is 8.42 Å². The molecule has 0 aliphatic heterocycles. The van der Waals surface area contributed by atoms with Gasteiger partial charge >= 0.3 is 0 Å². The summed E-state index contributed by atoms with van der Waals surface area (Å²) < 4.78 is 26.1. The van der Waals surface area contributed by atoms with Gasteiger partial charge in [-0.3, -0.25) is 0 Å². The number of rotatable bonds is 4. The maximum atomic E-state index is 10.6. The molecule has 0 aromatic carbocycles. The van der Waals surface area contributed by atoms with Gasteiger partial charge < -0.3 is 4.74 Å². The highest BCUT2D eigenvalue weighted by atomic mass is 32.2. The molecule has 0 saturated carbocycles. The van der Waals surface area contributed by atoms with Crippen molar-refractivity contribution in [2.75, 3.05) is 19.5 Å². The second-order valence-corrected chi connectivity index (χ2v) is 5.02. The van der Waals surface area contributed by atoms with Crippen molar-refractivity contribution in [3.8, 4) is 0 Å². The molecular weight excluding hydrogens is 166 g/mol. The molecule has 68 valence electrons. The number of sulfonamides is 1. The van der Waals surface area contributed by atoms with Gasteiger partial charge in [0.2, 0.25) is 10.0 Å². The first-order valence-electron chi connectivity index (χ1n) is 3.26. The Balaban J connectivity index is 4.13. The number of nitrogens with two attached hydrogens (primary N) is 1. The largest absolute Gasteiger partial charge is 0.384 e. The molecule has 0 aliphatic carbocycles.